The van der Waals surface area contributed by atoms with Crippen LogP contribution in [0.25, 0.3) is 0 Å². The van der Waals surface area contributed by atoms with Gasteiger partial charge in [-0.25, -0.2) is 9.59 Å². The minimum Gasteiger partial charge on any atom is -0.481 e. The lowest BCUT2D eigenvalue weighted by molar-refractivity contribution is -0.192. The Bertz CT molecular complexity index is 687. The highest BCUT2D eigenvalue weighted by molar-refractivity contribution is 5.91. The van der Waals surface area contributed by atoms with Gasteiger partial charge in [-0.1, -0.05) is 19.8 Å². The molecule has 32 heavy (non-hydrogen) atoms. The van der Waals surface area contributed by atoms with Gasteiger partial charge in [0.2, 0.25) is 11.8 Å². The Morgan fingerprint density at radius 1 is 1.12 bits per heavy atom. The molecule has 0 aromatic rings. The Kier molecular flexibility index (Phi) is 12.3. The molecule has 1 aliphatic rings. The fraction of sp³-hybridized carbons (Fsp3) is 0.722. The zero-order valence-corrected chi connectivity index (χ0v) is 17.4. The molecule has 184 valence electrons. The molecule has 1 aliphatic heterocycles. The first-order valence-corrected chi connectivity index (χ1v) is 9.81. The van der Waals surface area contributed by atoms with Crippen molar-refractivity contribution in [3.63, 3.8) is 0 Å². The summed E-state index contributed by atoms with van der Waals surface area (Å²) in [6.45, 7) is 2.10. The number of carboxylic acid groups (broad SMARTS) is 3. The molecule has 0 spiro atoms. The number of hydrogen-bond acceptors (Lipinski definition) is 6. The molecule has 11 nitrogen and oxygen atoms in total. The molecular weight excluding hydrogens is 443 g/mol. The van der Waals surface area contributed by atoms with Crippen molar-refractivity contribution in [2.24, 2.45) is 11.7 Å². The van der Waals surface area contributed by atoms with Crippen molar-refractivity contribution >= 4 is 29.7 Å². The van der Waals surface area contributed by atoms with Crippen molar-refractivity contribution in [3.8, 4) is 0 Å². The monoisotopic (exact) mass is 471 g/mol. The Morgan fingerprint density at radius 3 is 2.09 bits per heavy atom. The number of likely N-dealkylation sites (tertiary alicyclic amines) is 1. The molecule has 3 atom stereocenters. The highest BCUT2D eigenvalue weighted by Crippen LogP contribution is 2.19. The van der Waals surface area contributed by atoms with Gasteiger partial charge < -0.3 is 31.3 Å². The summed E-state index contributed by atoms with van der Waals surface area (Å²) in [5.74, 6) is -6.90. The van der Waals surface area contributed by atoms with Gasteiger partial charge in [0.1, 0.15) is 12.1 Å². The molecule has 1 fully saturated rings. The Hall–Kier alpha value is -2.90. The van der Waals surface area contributed by atoms with Crippen LogP contribution in [0.2, 0.25) is 0 Å². The van der Waals surface area contributed by atoms with Gasteiger partial charge in [0.05, 0.1) is 12.5 Å². The number of carboxylic acids is 3. The molecule has 1 unspecified atom stereocenters. The first-order valence-electron chi connectivity index (χ1n) is 9.81. The van der Waals surface area contributed by atoms with E-state index in [1.165, 1.54) is 4.90 Å². The number of hydrogen-bond donors (Lipinski definition) is 5. The molecule has 14 heteroatoms. The lowest BCUT2D eigenvalue weighted by atomic mass is 9.94. The maximum Gasteiger partial charge on any atom is 0.490 e. The molecule has 2 amide bonds. The molecule has 0 aliphatic carbocycles. The summed E-state index contributed by atoms with van der Waals surface area (Å²) in [5, 5.41) is 28.1. The Balaban J connectivity index is 0.00000118. The third-order valence-corrected chi connectivity index (χ3v) is 4.68. The van der Waals surface area contributed by atoms with E-state index in [9.17, 15) is 42.6 Å². The van der Waals surface area contributed by atoms with E-state index in [1.807, 2.05) is 6.92 Å². The van der Waals surface area contributed by atoms with Gasteiger partial charge in [-0.15, -0.1) is 0 Å². The first-order chi connectivity index (χ1) is 14.8. The van der Waals surface area contributed by atoms with E-state index in [0.717, 1.165) is 6.42 Å². The number of carbonyl (C=O) groups is 5. The first kappa shape index (κ1) is 29.1. The highest BCUT2D eigenvalue weighted by Gasteiger charge is 2.38. The van der Waals surface area contributed by atoms with E-state index in [0.29, 0.717) is 32.2 Å². The average Bonchev–Trinajstić information content (AvgIpc) is 3.18. The highest BCUT2D eigenvalue weighted by atomic mass is 19.4. The van der Waals surface area contributed by atoms with Crippen LogP contribution in [-0.2, 0) is 24.0 Å². The number of carbonyl (C=O) groups excluding carboxylic acids is 2. The topological polar surface area (TPSA) is 187 Å². The van der Waals surface area contributed by atoms with Crippen molar-refractivity contribution in [1.82, 2.24) is 10.2 Å². The van der Waals surface area contributed by atoms with E-state index >= 15 is 0 Å². The summed E-state index contributed by atoms with van der Waals surface area (Å²) >= 11 is 0. The molecule has 0 saturated carbocycles. The number of nitrogens with one attached hydrogen (secondary N) is 1. The molecule has 6 N–H and O–H groups in total. The maximum atomic E-state index is 12.4. The van der Waals surface area contributed by atoms with Gasteiger partial charge in [0.15, 0.2) is 0 Å². The molecule has 1 saturated heterocycles. The largest absolute Gasteiger partial charge is 0.490 e. The van der Waals surface area contributed by atoms with Crippen LogP contribution < -0.4 is 11.1 Å². The van der Waals surface area contributed by atoms with Crippen molar-refractivity contribution in [3.05, 3.63) is 0 Å². The summed E-state index contributed by atoms with van der Waals surface area (Å²) < 4.78 is 31.7. The van der Waals surface area contributed by atoms with Crippen LogP contribution in [0.15, 0.2) is 0 Å². The molecule has 1 heterocycles. The summed E-state index contributed by atoms with van der Waals surface area (Å²) in [4.78, 5) is 57.2. The zero-order valence-electron chi connectivity index (χ0n) is 17.4. The van der Waals surface area contributed by atoms with E-state index in [-0.39, 0.29) is 18.9 Å². The summed E-state index contributed by atoms with van der Waals surface area (Å²) in [5.41, 5.74) is 5.33. The van der Waals surface area contributed by atoms with Crippen LogP contribution in [0.1, 0.15) is 45.4 Å². The molecule has 0 aromatic carbocycles. The number of rotatable bonds is 10. The number of amides is 2. The standard InChI is InChI=1S/C16H27N3O6.C2HF3O2/c1-2-3-5-10(15(22)23)8-11(16(24)25)18-14(21)12-6-4-7-19(12)13(20)9-17;3-2(4,5)1(6)7/h10-12H,2-9,17H2,1H3,(H,18,21)(H,22,23)(H,24,25);(H,6,7)/t10?,11-,12-;/m0./s1. The number of halogens is 3. The number of alkyl halides is 3. The lowest BCUT2D eigenvalue weighted by Gasteiger charge is -2.26. The molecule has 0 bridgehead atoms. The van der Waals surface area contributed by atoms with Crippen molar-refractivity contribution in [1.29, 1.82) is 0 Å². The van der Waals surface area contributed by atoms with Gasteiger partial charge >= 0.3 is 24.1 Å². The lowest BCUT2D eigenvalue weighted by Crippen LogP contribution is -2.52. The number of nitrogens with two attached hydrogens (primary N) is 1. The second-order valence-electron chi connectivity index (χ2n) is 7.06. The van der Waals surface area contributed by atoms with E-state index in [1.54, 1.807) is 0 Å². The second kappa shape index (κ2) is 13.5. The minimum absolute atomic E-state index is 0.187. The third-order valence-electron chi connectivity index (χ3n) is 4.68. The Labute approximate surface area is 181 Å². The van der Waals surface area contributed by atoms with Crippen molar-refractivity contribution < 1.29 is 52.5 Å². The van der Waals surface area contributed by atoms with Gasteiger partial charge in [0, 0.05) is 6.54 Å². The summed E-state index contributed by atoms with van der Waals surface area (Å²) in [7, 11) is 0. The molecule has 1 rings (SSSR count). The maximum absolute atomic E-state index is 12.4. The minimum atomic E-state index is -5.08. The van der Waals surface area contributed by atoms with Crippen LogP contribution in [0.4, 0.5) is 13.2 Å². The number of unbranched alkanes of at least 4 members (excludes halogenated alkanes) is 1. The molecular formula is C18H28F3N3O8. The van der Waals surface area contributed by atoms with E-state index < -0.39 is 48.0 Å². The predicted molar refractivity (Wildman–Crippen MR) is 102 cm³/mol. The molecule has 0 radical (unpaired) electrons. The van der Waals surface area contributed by atoms with Crippen molar-refractivity contribution in [2.45, 2.75) is 63.7 Å². The van der Waals surface area contributed by atoms with Gasteiger partial charge in [0.25, 0.3) is 0 Å². The quantitative estimate of drug-likeness (QED) is 0.301. The van der Waals surface area contributed by atoms with Crippen LogP contribution >= 0.6 is 0 Å². The fourth-order valence-electron chi connectivity index (χ4n) is 3.02. The third kappa shape index (κ3) is 9.94. The second-order valence-corrected chi connectivity index (χ2v) is 7.06. The van der Waals surface area contributed by atoms with Crippen LogP contribution in [0, 0.1) is 5.92 Å². The van der Waals surface area contributed by atoms with Gasteiger partial charge in [-0.3, -0.25) is 14.4 Å². The van der Waals surface area contributed by atoms with E-state index in [4.69, 9.17) is 15.6 Å². The average molecular weight is 471 g/mol. The number of aliphatic carboxylic acids is 3. The Morgan fingerprint density at radius 2 is 1.69 bits per heavy atom. The zero-order chi connectivity index (χ0) is 25.1. The normalized spacial score (nSPS) is 17.5. The van der Waals surface area contributed by atoms with Gasteiger partial charge in [-0.05, 0) is 25.7 Å². The summed E-state index contributed by atoms with van der Waals surface area (Å²) in [6, 6.07) is -2.06. The summed E-state index contributed by atoms with van der Waals surface area (Å²) in [6.07, 6.45) is -2.39. The van der Waals surface area contributed by atoms with Crippen LogP contribution in [0.3, 0.4) is 0 Å². The number of nitrogens with zero attached hydrogens (tertiary/aromatic N) is 1. The fourth-order valence-corrected chi connectivity index (χ4v) is 3.02. The predicted octanol–water partition coefficient (Wildman–Crippen LogP) is 0.420. The molecule has 0 aromatic heterocycles. The van der Waals surface area contributed by atoms with E-state index in [2.05, 4.69) is 5.32 Å². The van der Waals surface area contributed by atoms with Crippen LogP contribution in [-0.4, -0.2) is 81.3 Å². The SMILES string of the molecule is CCCCC(C[C@H](NC(=O)[C@@H]1CCCN1C(=O)CN)C(=O)O)C(=O)O.O=C(O)C(F)(F)F. The van der Waals surface area contributed by atoms with Crippen LogP contribution in [0.5, 0.6) is 0 Å². The van der Waals surface area contributed by atoms with Crippen molar-refractivity contribution in [2.75, 3.05) is 13.1 Å². The van der Waals surface area contributed by atoms with Gasteiger partial charge in [-0.2, -0.15) is 13.2 Å². The smallest absolute Gasteiger partial charge is 0.481 e.